The minimum absolute atomic E-state index is 0. The number of rotatable bonds is 0. The maximum Gasteiger partial charge on any atom is 1.00 e. The van der Waals surface area contributed by atoms with Crippen LogP contribution in [0.4, 0.5) is 51.8 Å². The molecule has 0 nitrogen and oxygen atoms in total. The van der Waals surface area contributed by atoms with Crippen molar-refractivity contribution in [2.75, 3.05) is 0 Å². The van der Waals surface area contributed by atoms with Gasteiger partial charge in [0.15, 0.2) is 0 Å². The number of hydrogen-bond donors (Lipinski definition) is 0. The minimum Gasteiger partial charge on any atom is -1.00 e. The van der Waals surface area contributed by atoms with Crippen LogP contribution in [0.5, 0.6) is 0 Å². The summed E-state index contributed by atoms with van der Waals surface area (Å²) < 4.78 is 117. The molecule has 16 heteroatoms. The summed E-state index contributed by atoms with van der Waals surface area (Å²) in [5, 5.41) is 0. The van der Waals surface area contributed by atoms with Gasteiger partial charge in [0.25, 0.3) is 0 Å². The molecule has 0 unspecified atom stereocenters. The summed E-state index contributed by atoms with van der Waals surface area (Å²) in [7, 11) is -18.0. The molecule has 23 heavy (non-hydrogen) atoms. The Bertz CT molecular complexity index is 180. The molecule has 1 rings (SSSR count). The van der Waals surface area contributed by atoms with Crippen LogP contribution in [0.15, 0.2) is 0 Å². The van der Waals surface area contributed by atoms with E-state index in [9.17, 15) is 51.8 Å². The van der Waals surface area contributed by atoms with Gasteiger partial charge >= 0.3 is 73.1 Å². The van der Waals surface area contributed by atoms with E-state index in [1.54, 1.807) is 0 Å². The Balaban J connectivity index is -0.0000000661. The van der Waals surface area contributed by atoms with Crippen molar-refractivity contribution < 1.29 is 105 Å². The van der Waals surface area contributed by atoms with Crippen molar-refractivity contribution in [3.63, 3.8) is 0 Å². The molecule has 0 aromatic rings. The Kier molecular flexibility index (Phi) is 22.7. The summed E-state index contributed by atoms with van der Waals surface area (Å²) >= 11 is 0. The van der Waals surface area contributed by atoms with E-state index in [1.165, 1.54) is 44.9 Å². The van der Waals surface area contributed by atoms with E-state index in [0.717, 1.165) is 0 Å². The Labute approximate surface area is 170 Å². The van der Waals surface area contributed by atoms with E-state index in [-0.39, 0.29) is 52.8 Å². The first kappa shape index (κ1) is 31.7. The van der Waals surface area contributed by atoms with E-state index in [4.69, 9.17) is 0 Å². The van der Waals surface area contributed by atoms with Crippen LogP contribution in [0.3, 0.4) is 0 Å². The van der Waals surface area contributed by atoms with Crippen LogP contribution >= 0.6 is 0 Å². The van der Waals surface area contributed by atoms with Gasteiger partial charge in [0.2, 0.25) is 0 Å². The smallest absolute Gasteiger partial charge is 1.00 e. The van der Waals surface area contributed by atoms with E-state index < -0.39 is 21.8 Å². The molecular weight excluding hydrogens is 384 g/mol. The molecule has 0 aliphatic heterocycles. The molecule has 0 aromatic heterocycles. The third-order valence-corrected chi connectivity index (χ3v) is 1.75. The topological polar surface area (TPSA) is 0 Å². The van der Waals surface area contributed by atoms with Crippen molar-refractivity contribution in [3.05, 3.63) is 0 Å². The molecule has 0 aromatic carbocycles. The molecule has 1 aliphatic rings. The minimum atomic E-state index is -6.00. The summed E-state index contributed by atoms with van der Waals surface area (Å²) in [6.07, 6.45) is 10.5. The molecule has 140 valence electrons. The van der Waals surface area contributed by atoms with Crippen LogP contribution in [0.25, 0.3) is 0 Å². The molecule has 0 N–H and O–H groups in total. The van der Waals surface area contributed by atoms with Crippen LogP contribution in [0.2, 0.25) is 0 Å². The normalized spacial score (nSPS) is 15.1. The first-order chi connectivity index (χ1) is 9.50. The maximum atomic E-state index is 9.75. The Morgan fingerprint density at radius 2 is 0.391 bits per heavy atom. The summed E-state index contributed by atoms with van der Waals surface area (Å²) in [6.45, 7) is 0. The van der Waals surface area contributed by atoms with Crippen molar-refractivity contribution in [2.24, 2.45) is 0 Å². The monoisotopic (exact) mass is 399 g/mol. The van der Waals surface area contributed by atoms with E-state index >= 15 is 0 Å². The van der Waals surface area contributed by atoms with Crippen LogP contribution in [0, 0.1) is 0 Å². The van der Waals surface area contributed by atoms with Crippen LogP contribution in [-0.4, -0.2) is 21.8 Å². The van der Waals surface area contributed by atoms with Crippen LogP contribution in [-0.2, 0) is 0 Å². The van der Waals surface area contributed by atoms with Crippen molar-refractivity contribution in [3.8, 4) is 0 Å². The standard InChI is InChI=1S/C7H14.3BF4.K.H/c1-2-4-6-7-5-3-1;3*2-1(3,4)5;;/h1-7H2;;;;;/q;3*-1;+1;-1. The fourth-order valence-electron chi connectivity index (χ4n) is 1.24. The van der Waals surface area contributed by atoms with E-state index in [2.05, 4.69) is 0 Å². The van der Waals surface area contributed by atoms with Gasteiger partial charge in [-0.1, -0.05) is 44.9 Å². The largest absolute Gasteiger partial charge is 1.00 e. The Hall–Kier alpha value is 0.991. The zero-order valence-corrected chi connectivity index (χ0v) is 15.3. The predicted octanol–water partition coefficient (Wildman–Crippen LogP) is 3.75. The molecule has 0 amide bonds. The van der Waals surface area contributed by atoms with Gasteiger partial charge in [-0.3, -0.25) is 0 Å². The molecule has 0 bridgehead atoms. The molecule has 1 aliphatic carbocycles. The average molecular weight is 399 g/mol. The first-order valence-corrected chi connectivity index (χ1v) is 6.12. The summed E-state index contributed by atoms with van der Waals surface area (Å²) in [5.74, 6) is 0. The van der Waals surface area contributed by atoms with Crippen molar-refractivity contribution in [1.29, 1.82) is 0 Å². The maximum absolute atomic E-state index is 9.75. The van der Waals surface area contributed by atoms with E-state index in [1.807, 2.05) is 0 Å². The van der Waals surface area contributed by atoms with Gasteiger partial charge in [0.05, 0.1) is 0 Å². The van der Waals surface area contributed by atoms with Gasteiger partial charge in [-0.2, -0.15) is 0 Å². The number of hydrogen-bond acceptors (Lipinski definition) is 0. The van der Waals surface area contributed by atoms with Gasteiger partial charge in [0, 0.05) is 0 Å². The average Bonchev–Trinajstić information content (AvgIpc) is 2.38. The van der Waals surface area contributed by atoms with Crippen molar-refractivity contribution in [2.45, 2.75) is 44.9 Å². The second kappa shape index (κ2) is 16.5. The fourth-order valence-corrected chi connectivity index (χ4v) is 1.24. The summed E-state index contributed by atoms with van der Waals surface area (Å²) in [4.78, 5) is 0. The molecule has 1 fully saturated rings. The second-order valence-corrected chi connectivity index (χ2v) is 3.96. The zero-order valence-electron chi connectivity index (χ0n) is 13.2. The number of halogens is 12. The molecule has 0 spiro atoms. The molecular formula is C7H15B3F12K-3. The molecule has 0 heterocycles. The third kappa shape index (κ3) is 159. The van der Waals surface area contributed by atoms with Gasteiger partial charge in [0.1, 0.15) is 0 Å². The Morgan fingerprint density at radius 1 is 0.348 bits per heavy atom. The van der Waals surface area contributed by atoms with Crippen LogP contribution < -0.4 is 51.4 Å². The SMILES string of the molecule is C1CCCCCC1.F[B-](F)(F)F.F[B-](F)(F)F.F[B-](F)(F)F.[H-].[K+]. The predicted molar refractivity (Wildman–Crippen MR) is 64.0 cm³/mol. The van der Waals surface area contributed by atoms with Crippen molar-refractivity contribution >= 4 is 21.8 Å². The second-order valence-electron chi connectivity index (χ2n) is 3.96. The first-order valence-electron chi connectivity index (χ1n) is 6.12. The third-order valence-electron chi connectivity index (χ3n) is 1.75. The fraction of sp³-hybridized carbons (Fsp3) is 1.00. The Morgan fingerprint density at radius 3 is 0.435 bits per heavy atom. The molecule has 0 atom stereocenters. The van der Waals surface area contributed by atoms with E-state index in [0.29, 0.717) is 0 Å². The molecule has 0 radical (unpaired) electrons. The summed E-state index contributed by atoms with van der Waals surface area (Å²) in [6, 6.07) is 0. The quantitative estimate of drug-likeness (QED) is 0.331. The zero-order chi connectivity index (χ0) is 18.4. The van der Waals surface area contributed by atoms with Gasteiger partial charge in [-0.15, -0.1) is 0 Å². The molecule has 0 saturated heterocycles. The van der Waals surface area contributed by atoms with Crippen LogP contribution in [0.1, 0.15) is 46.4 Å². The van der Waals surface area contributed by atoms with Gasteiger partial charge < -0.3 is 53.2 Å². The molecule has 1 saturated carbocycles. The van der Waals surface area contributed by atoms with Gasteiger partial charge in [-0.25, -0.2) is 0 Å². The van der Waals surface area contributed by atoms with Gasteiger partial charge in [-0.05, 0) is 0 Å². The summed E-state index contributed by atoms with van der Waals surface area (Å²) in [5.41, 5.74) is 0. The van der Waals surface area contributed by atoms with Crippen molar-refractivity contribution in [1.82, 2.24) is 0 Å².